The third-order valence-electron chi connectivity index (χ3n) is 4.03. The van der Waals surface area contributed by atoms with Crippen molar-refractivity contribution in [1.82, 2.24) is 4.98 Å². The summed E-state index contributed by atoms with van der Waals surface area (Å²) < 4.78 is 10.4. The van der Waals surface area contributed by atoms with Crippen molar-refractivity contribution in [3.05, 3.63) is 46.8 Å². The van der Waals surface area contributed by atoms with Gasteiger partial charge in [0.1, 0.15) is 5.75 Å². The van der Waals surface area contributed by atoms with Gasteiger partial charge in [-0.05, 0) is 45.4 Å². The standard InChI is InChI=1S/C19H24N2O4/c1-6-25-15-10-8-7-9-14(15)20-13(4)18(22)17-11(2)16(12(3)21-17)19(23)24-5/h7-10,13,20-21H,6H2,1-5H3. The van der Waals surface area contributed by atoms with Crippen LogP contribution in [0.5, 0.6) is 5.75 Å². The molecular formula is C19H24N2O4. The number of Topliss-reactive ketones (excluding diaryl/α,β-unsaturated/α-hetero) is 1. The monoisotopic (exact) mass is 344 g/mol. The van der Waals surface area contributed by atoms with E-state index in [4.69, 9.17) is 9.47 Å². The number of aromatic amines is 1. The summed E-state index contributed by atoms with van der Waals surface area (Å²) in [5.74, 6) is 0.106. The van der Waals surface area contributed by atoms with Crippen LogP contribution < -0.4 is 10.1 Å². The maximum atomic E-state index is 12.8. The van der Waals surface area contributed by atoms with Crippen molar-refractivity contribution in [1.29, 1.82) is 0 Å². The number of esters is 1. The van der Waals surface area contributed by atoms with E-state index < -0.39 is 12.0 Å². The number of hydrogen-bond acceptors (Lipinski definition) is 5. The first-order chi connectivity index (χ1) is 11.9. The molecule has 0 radical (unpaired) electrons. The molecule has 6 nitrogen and oxygen atoms in total. The quantitative estimate of drug-likeness (QED) is 0.593. The van der Waals surface area contributed by atoms with Crippen LogP contribution in [0.2, 0.25) is 0 Å². The maximum Gasteiger partial charge on any atom is 0.339 e. The third kappa shape index (κ3) is 3.84. The molecule has 0 amide bonds. The normalized spacial score (nSPS) is 11.7. The highest BCUT2D eigenvalue weighted by Gasteiger charge is 2.25. The fraction of sp³-hybridized carbons (Fsp3) is 0.368. The first-order valence-corrected chi connectivity index (χ1v) is 8.20. The Morgan fingerprint density at radius 3 is 2.56 bits per heavy atom. The summed E-state index contributed by atoms with van der Waals surface area (Å²) >= 11 is 0. The topological polar surface area (TPSA) is 80.4 Å². The van der Waals surface area contributed by atoms with E-state index in [1.54, 1.807) is 20.8 Å². The van der Waals surface area contributed by atoms with Gasteiger partial charge >= 0.3 is 5.97 Å². The summed E-state index contributed by atoms with van der Waals surface area (Å²) in [6.07, 6.45) is 0. The molecule has 1 atom stereocenters. The van der Waals surface area contributed by atoms with E-state index in [9.17, 15) is 9.59 Å². The van der Waals surface area contributed by atoms with E-state index in [2.05, 4.69) is 10.3 Å². The fourth-order valence-corrected chi connectivity index (χ4v) is 2.79. The molecule has 0 aliphatic heterocycles. The Hall–Kier alpha value is -2.76. The fourth-order valence-electron chi connectivity index (χ4n) is 2.79. The lowest BCUT2D eigenvalue weighted by atomic mass is 10.0. The number of nitrogens with one attached hydrogen (secondary N) is 2. The zero-order valence-electron chi connectivity index (χ0n) is 15.2. The van der Waals surface area contributed by atoms with Crippen LogP contribution in [0.25, 0.3) is 0 Å². The molecule has 0 saturated heterocycles. The van der Waals surface area contributed by atoms with Gasteiger partial charge in [0.2, 0.25) is 5.78 Å². The van der Waals surface area contributed by atoms with Crippen molar-refractivity contribution in [3.8, 4) is 5.75 Å². The molecule has 1 aromatic carbocycles. The van der Waals surface area contributed by atoms with Crippen molar-refractivity contribution in [2.45, 2.75) is 33.7 Å². The second-order valence-electron chi connectivity index (χ2n) is 5.78. The third-order valence-corrected chi connectivity index (χ3v) is 4.03. The molecule has 1 unspecified atom stereocenters. The number of rotatable bonds is 7. The van der Waals surface area contributed by atoms with Crippen LogP contribution >= 0.6 is 0 Å². The predicted molar refractivity (Wildman–Crippen MR) is 96.6 cm³/mol. The molecule has 1 heterocycles. The molecule has 6 heteroatoms. The molecule has 0 aliphatic rings. The highest BCUT2D eigenvalue weighted by atomic mass is 16.5. The van der Waals surface area contributed by atoms with Gasteiger partial charge in [-0.2, -0.15) is 0 Å². The summed E-state index contributed by atoms with van der Waals surface area (Å²) in [5.41, 5.74) is 2.79. The smallest absolute Gasteiger partial charge is 0.339 e. The second-order valence-corrected chi connectivity index (χ2v) is 5.78. The van der Waals surface area contributed by atoms with Gasteiger partial charge in [0.25, 0.3) is 0 Å². The number of ketones is 1. The zero-order valence-corrected chi connectivity index (χ0v) is 15.2. The second kappa shape index (κ2) is 7.88. The molecule has 2 N–H and O–H groups in total. The Morgan fingerprint density at radius 1 is 1.24 bits per heavy atom. The molecule has 25 heavy (non-hydrogen) atoms. The van der Waals surface area contributed by atoms with Crippen LogP contribution in [0.15, 0.2) is 24.3 Å². The average molecular weight is 344 g/mol. The molecule has 0 saturated carbocycles. The highest BCUT2D eigenvalue weighted by molar-refractivity contribution is 6.04. The number of carbonyl (C=O) groups excluding carboxylic acids is 2. The summed E-state index contributed by atoms with van der Waals surface area (Å²) in [6, 6.07) is 6.97. The lowest BCUT2D eigenvalue weighted by Crippen LogP contribution is -2.27. The molecule has 0 spiro atoms. The number of benzene rings is 1. The van der Waals surface area contributed by atoms with Crippen molar-refractivity contribution in [2.24, 2.45) is 0 Å². The Morgan fingerprint density at radius 2 is 1.92 bits per heavy atom. The lowest BCUT2D eigenvalue weighted by Gasteiger charge is -2.17. The minimum absolute atomic E-state index is 0.137. The number of methoxy groups -OCH3 is 1. The predicted octanol–water partition coefficient (Wildman–Crippen LogP) is 3.50. The van der Waals surface area contributed by atoms with Crippen molar-refractivity contribution < 1.29 is 19.1 Å². The van der Waals surface area contributed by atoms with E-state index in [0.717, 1.165) is 5.69 Å². The first kappa shape index (κ1) is 18.6. The zero-order chi connectivity index (χ0) is 18.6. The number of ether oxygens (including phenoxy) is 2. The van der Waals surface area contributed by atoms with E-state index in [-0.39, 0.29) is 5.78 Å². The van der Waals surface area contributed by atoms with Crippen molar-refractivity contribution in [2.75, 3.05) is 19.0 Å². The average Bonchev–Trinajstić information content (AvgIpc) is 2.90. The van der Waals surface area contributed by atoms with Gasteiger partial charge in [-0.25, -0.2) is 4.79 Å². The number of aromatic nitrogens is 1. The first-order valence-electron chi connectivity index (χ1n) is 8.20. The summed E-state index contributed by atoms with van der Waals surface area (Å²) in [6.45, 7) is 7.71. The number of hydrogen-bond donors (Lipinski definition) is 2. The van der Waals surface area contributed by atoms with Crippen LogP contribution in [-0.4, -0.2) is 36.5 Å². The van der Waals surface area contributed by atoms with Gasteiger partial charge in [-0.1, -0.05) is 12.1 Å². The lowest BCUT2D eigenvalue weighted by molar-refractivity contribution is 0.0599. The summed E-state index contributed by atoms with van der Waals surface area (Å²) in [5, 5.41) is 3.18. The Bertz CT molecular complexity index is 780. The minimum atomic E-state index is -0.496. The van der Waals surface area contributed by atoms with Gasteiger partial charge in [0, 0.05) is 5.69 Å². The largest absolute Gasteiger partial charge is 0.492 e. The number of para-hydroxylation sites is 2. The van der Waals surface area contributed by atoms with Crippen LogP contribution in [0, 0.1) is 13.8 Å². The molecule has 0 fully saturated rings. The van der Waals surface area contributed by atoms with E-state index >= 15 is 0 Å². The molecule has 2 aromatic rings. The number of H-pyrrole nitrogens is 1. The van der Waals surface area contributed by atoms with Crippen LogP contribution in [0.1, 0.15) is 46.0 Å². The molecule has 134 valence electrons. The van der Waals surface area contributed by atoms with E-state index in [1.165, 1.54) is 7.11 Å². The van der Waals surface area contributed by atoms with Crippen molar-refractivity contribution >= 4 is 17.4 Å². The highest BCUT2D eigenvalue weighted by Crippen LogP contribution is 2.26. The van der Waals surface area contributed by atoms with Gasteiger partial charge < -0.3 is 19.8 Å². The SMILES string of the molecule is CCOc1ccccc1NC(C)C(=O)c1[nH]c(C)c(C(=O)OC)c1C. The Balaban J connectivity index is 2.25. The van der Waals surface area contributed by atoms with Gasteiger partial charge in [-0.15, -0.1) is 0 Å². The van der Waals surface area contributed by atoms with Crippen LogP contribution in [0.4, 0.5) is 5.69 Å². The molecular weight excluding hydrogens is 320 g/mol. The van der Waals surface area contributed by atoms with Crippen LogP contribution in [0.3, 0.4) is 0 Å². The summed E-state index contributed by atoms with van der Waals surface area (Å²) in [7, 11) is 1.32. The van der Waals surface area contributed by atoms with E-state index in [1.807, 2.05) is 31.2 Å². The Labute approximate surface area is 147 Å². The molecule has 1 aromatic heterocycles. The number of anilines is 1. The Kier molecular flexibility index (Phi) is 5.85. The van der Waals surface area contributed by atoms with Gasteiger partial charge in [-0.3, -0.25) is 4.79 Å². The molecule has 0 aliphatic carbocycles. The van der Waals surface area contributed by atoms with Gasteiger partial charge in [0.15, 0.2) is 0 Å². The van der Waals surface area contributed by atoms with Gasteiger partial charge in [0.05, 0.1) is 36.7 Å². The van der Waals surface area contributed by atoms with Crippen molar-refractivity contribution in [3.63, 3.8) is 0 Å². The molecule has 0 bridgehead atoms. The minimum Gasteiger partial charge on any atom is -0.492 e. The number of carbonyl (C=O) groups is 2. The maximum absolute atomic E-state index is 12.8. The molecule has 2 rings (SSSR count). The van der Waals surface area contributed by atoms with E-state index in [0.29, 0.717) is 34.9 Å². The van der Waals surface area contributed by atoms with Crippen LogP contribution in [-0.2, 0) is 4.74 Å². The number of aryl methyl sites for hydroxylation is 1. The summed E-state index contributed by atoms with van der Waals surface area (Å²) in [4.78, 5) is 27.7.